The maximum Gasteiger partial charge on any atom is 0.228 e. The molecule has 2 rings (SSSR count). The highest BCUT2D eigenvalue weighted by molar-refractivity contribution is 9.10. The van der Waals surface area contributed by atoms with Crippen LogP contribution in [0.5, 0.6) is 5.88 Å². The molecule has 4 heteroatoms. The third-order valence-corrected chi connectivity index (χ3v) is 2.47. The summed E-state index contributed by atoms with van der Waals surface area (Å²) in [6, 6.07) is 1.98. The lowest BCUT2D eigenvalue weighted by Gasteiger charge is -2.01. The average molecular weight is 227 g/mol. The second-order valence-corrected chi connectivity index (χ2v) is 3.18. The van der Waals surface area contributed by atoms with Crippen molar-refractivity contribution < 1.29 is 4.74 Å². The Morgan fingerprint density at radius 3 is 3.17 bits per heavy atom. The van der Waals surface area contributed by atoms with Gasteiger partial charge in [0.15, 0.2) is 0 Å². The predicted molar refractivity (Wildman–Crippen MR) is 50.3 cm³/mol. The van der Waals surface area contributed by atoms with Crippen LogP contribution in [0, 0.1) is 0 Å². The highest BCUT2D eigenvalue weighted by Gasteiger charge is 2.06. The van der Waals surface area contributed by atoms with Gasteiger partial charge in [0.25, 0.3) is 0 Å². The molecule has 0 aliphatic carbocycles. The monoisotopic (exact) mass is 226 g/mol. The number of halogens is 1. The first-order chi connectivity index (χ1) is 5.83. The third-order valence-electron chi connectivity index (χ3n) is 1.71. The predicted octanol–water partition coefficient (Wildman–Crippen LogP) is 2.33. The van der Waals surface area contributed by atoms with Gasteiger partial charge in [0, 0.05) is 11.6 Å². The number of H-pyrrole nitrogens is 1. The van der Waals surface area contributed by atoms with E-state index >= 15 is 0 Å². The number of hydrogen-bond donors (Lipinski definition) is 1. The zero-order valence-corrected chi connectivity index (χ0v) is 8.05. The van der Waals surface area contributed by atoms with Crippen LogP contribution >= 0.6 is 15.9 Å². The number of ether oxygens (including phenoxy) is 1. The Morgan fingerprint density at radius 1 is 1.58 bits per heavy atom. The number of fused-ring (bicyclic) bond motifs is 1. The van der Waals surface area contributed by atoms with Crippen LogP contribution in [0.3, 0.4) is 0 Å². The van der Waals surface area contributed by atoms with E-state index in [1.54, 1.807) is 13.3 Å². The fraction of sp³-hybridized carbons (Fsp3) is 0.125. The molecule has 0 radical (unpaired) electrons. The van der Waals surface area contributed by atoms with Crippen molar-refractivity contribution in [1.29, 1.82) is 0 Å². The van der Waals surface area contributed by atoms with Crippen LogP contribution in [0.1, 0.15) is 0 Å². The number of aromatic nitrogens is 2. The molecule has 1 N–H and O–H groups in total. The number of aromatic amines is 1. The average Bonchev–Trinajstić information content (AvgIpc) is 2.53. The molecule has 2 aromatic rings. The van der Waals surface area contributed by atoms with Crippen LogP contribution < -0.4 is 4.74 Å². The summed E-state index contributed by atoms with van der Waals surface area (Å²) in [5.74, 6) is 0.613. The SMILES string of the molecule is COc1ncc2[nH]ccc2c1Br. The second kappa shape index (κ2) is 2.79. The van der Waals surface area contributed by atoms with Crippen LogP contribution in [-0.2, 0) is 0 Å². The van der Waals surface area contributed by atoms with Crippen LogP contribution in [0.25, 0.3) is 10.9 Å². The molecule has 2 aromatic heterocycles. The quantitative estimate of drug-likeness (QED) is 0.811. The molecule has 0 unspecified atom stereocenters. The van der Waals surface area contributed by atoms with Gasteiger partial charge in [0.2, 0.25) is 5.88 Å². The topological polar surface area (TPSA) is 37.9 Å². The minimum atomic E-state index is 0.613. The van der Waals surface area contributed by atoms with E-state index in [4.69, 9.17) is 4.74 Å². The molecule has 0 spiro atoms. The smallest absolute Gasteiger partial charge is 0.228 e. The fourth-order valence-corrected chi connectivity index (χ4v) is 1.73. The van der Waals surface area contributed by atoms with Crippen LogP contribution in [0.2, 0.25) is 0 Å². The molecule has 0 saturated carbocycles. The minimum Gasteiger partial charge on any atom is -0.480 e. The van der Waals surface area contributed by atoms with Crippen molar-refractivity contribution in [3.63, 3.8) is 0 Å². The van der Waals surface area contributed by atoms with E-state index in [0.717, 1.165) is 15.4 Å². The lowest BCUT2D eigenvalue weighted by atomic mass is 10.3. The minimum absolute atomic E-state index is 0.613. The first kappa shape index (κ1) is 7.61. The second-order valence-electron chi connectivity index (χ2n) is 2.39. The Balaban J connectivity index is 2.78. The molecule has 2 heterocycles. The number of hydrogen-bond acceptors (Lipinski definition) is 2. The molecular formula is C8H7BrN2O. The summed E-state index contributed by atoms with van der Waals surface area (Å²) in [6.07, 6.45) is 3.62. The van der Waals surface area contributed by atoms with Gasteiger partial charge in [0.05, 0.1) is 23.3 Å². The number of pyridine rings is 1. The van der Waals surface area contributed by atoms with Crippen LogP contribution in [0.15, 0.2) is 22.9 Å². The van der Waals surface area contributed by atoms with Gasteiger partial charge in [-0.05, 0) is 22.0 Å². The maximum absolute atomic E-state index is 5.05. The Hall–Kier alpha value is -1.03. The van der Waals surface area contributed by atoms with Crippen LogP contribution in [-0.4, -0.2) is 17.1 Å². The molecule has 0 aromatic carbocycles. The number of methoxy groups -OCH3 is 1. The van der Waals surface area contributed by atoms with E-state index in [0.29, 0.717) is 5.88 Å². The summed E-state index contributed by atoms with van der Waals surface area (Å²) in [5.41, 5.74) is 1.00. The number of nitrogens with zero attached hydrogens (tertiary/aromatic N) is 1. The molecule has 0 fully saturated rings. The first-order valence-electron chi connectivity index (χ1n) is 3.48. The number of rotatable bonds is 1. The van der Waals surface area contributed by atoms with Gasteiger partial charge >= 0.3 is 0 Å². The molecule has 0 amide bonds. The van der Waals surface area contributed by atoms with Gasteiger partial charge in [-0.3, -0.25) is 0 Å². The van der Waals surface area contributed by atoms with Crippen molar-refractivity contribution in [2.45, 2.75) is 0 Å². The maximum atomic E-state index is 5.05. The molecule has 0 bridgehead atoms. The molecular weight excluding hydrogens is 220 g/mol. The molecule has 0 aliphatic rings. The van der Waals surface area contributed by atoms with E-state index in [-0.39, 0.29) is 0 Å². The highest BCUT2D eigenvalue weighted by atomic mass is 79.9. The van der Waals surface area contributed by atoms with Gasteiger partial charge < -0.3 is 9.72 Å². The van der Waals surface area contributed by atoms with Crippen molar-refractivity contribution in [3.8, 4) is 5.88 Å². The van der Waals surface area contributed by atoms with E-state index in [1.807, 2.05) is 12.3 Å². The van der Waals surface area contributed by atoms with Crippen molar-refractivity contribution in [2.75, 3.05) is 7.11 Å². The molecule has 12 heavy (non-hydrogen) atoms. The Bertz CT molecular complexity index is 410. The van der Waals surface area contributed by atoms with Gasteiger partial charge in [-0.25, -0.2) is 4.98 Å². The molecule has 3 nitrogen and oxygen atoms in total. The molecule has 0 aliphatic heterocycles. The first-order valence-corrected chi connectivity index (χ1v) is 4.28. The zero-order chi connectivity index (χ0) is 8.55. The third kappa shape index (κ3) is 0.992. The van der Waals surface area contributed by atoms with E-state index in [9.17, 15) is 0 Å². The number of nitrogens with one attached hydrogen (secondary N) is 1. The van der Waals surface area contributed by atoms with Gasteiger partial charge in [-0.15, -0.1) is 0 Å². The normalized spacial score (nSPS) is 10.5. The summed E-state index contributed by atoms with van der Waals surface area (Å²) in [6.45, 7) is 0. The zero-order valence-electron chi connectivity index (χ0n) is 6.47. The lowest BCUT2D eigenvalue weighted by molar-refractivity contribution is 0.396. The van der Waals surface area contributed by atoms with Crippen molar-refractivity contribution in [1.82, 2.24) is 9.97 Å². The van der Waals surface area contributed by atoms with E-state index in [2.05, 4.69) is 25.9 Å². The summed E-state index contributed by atoms with van der Waals surface area (Å²) >= 11 is 3.41. The van der Waals surface area contributed by atoms with E-state index in [1.165, 1.54) is 0 Å². The summed E-state index contributed by atoms with van der Waals surface area (Å²) in [7, 11) is 1.60. The molecule has 0 saturated heterocycles. The van der Waals surface area contributed by atoms with Crippen molar-refractivity contribution >= 4 is 26.8 Å². The Morgan fingerprint density at radius 2 is 2.42 bits per heavy atom. The van der Waals surface area contributed by atoms with Crippen LogP contribution in [0.4, 0.5) is 0 Å². The summed E-state index contributed by atoms with van der Waals surface area (Å²) in [4.78, 5) is 7.16. The van der Waals surface area contributed by atoms with Crippen molar-refractivity contribution in [3.05, 3.63) is 22.9 Å². The summed E-state index contributed by atoms with van der Waals surface area (Å²) < 4.78 is 5.94. The lowest BCUT2D eigenvalue weighted by Crippen LogP contribution is -1.88. The van der Waals surface area contributed by atoms with Gasteiger partial charge in [-0.2, -0.15) is 0 Å². The Kier molecular flexibility index (Phi) is 1.77. The standard InChI is InChI=1S/C8H7BrN2O/c1-12-8-7(9)5-2-3-10-6(5)4-11-8/h2-4,10H,1H3. The molecule has 0 atom stereocenters. The van der Waals surface area contributed by atoms with Crippen molar-refractivity contribution in [2.24, 2.45) is 0 Å². The fourth-order valence-electron chi connectivity index (χ4n) is 1.12. The summed E-state index contributed by atoms with van der Waals surface area (Å²) in [5, 5.41) is 1.09. The molecule has 62 valence electrons. The largest absolute Gasteiger partial charge is 0.480 e. The Labute approximate surface area is 77.9 Å². The highest BCUT2D eigenvalue weighted by Crippen LogP contribution is 2.29. The van der Waals surface area contributed by atoms with E-state index < -0.39 is 0 Å². The van der Waals surface area contributed by atoms with Gasteiger partial charge in [0.1, 0.15) is 0 Å². The van der Waals surface area contributed by atoms with Gasteiger partial charge in [-0.1, -0.05) is 0 Å².